The standard InChI is InChI=1S/C27H34FN7O4/c1-27(25(36)35-12-14-37-15-13-35)16-38-24(39-17-27)23-32-21(18-4-6-19(28)7-5-18)22(33-23)20-8-9-29-26(31-20)30-10-11-34(2)3/h4-9,24H,10-17H2,1-3H3,(H,32,33)(H,29,30,31). The van der Waals surface area contributed by atoms with Crippen molar-refractivity contribution in [2.75, 3.05) is 72.0 Å². The van der Waals surface area contributed by atoms with Gasteiger partial charge >= 0.3 is 0 Å². The third kappa shape index (κ3) is 6.25. The van der Waals surface area contributed by atoms with Crippen molar-refractivity contribution in [3.8, 4) is 22.6 Å². The van der Waals surface area contributed by atoms with Gasteiger partial charge in [0.2, 0.25) is 18.1 Å². The Kier molecular flexibility index (Phi) is 8.17. The van der Waals surface area contributed by atoms with Crippen LogP contribution in [0.5, 0.6) is 0 Å². The van der Waals surface area contributed by atoms with Crippen LogP contribution in [0.25, 0.3) is 22.6 Å². The molecule has 0 atom stereocenters. The Bertz CT molecular complexity index is 1270. The van der Waals surface area contributed by atoms with E-state index in [4.69, 9.17) is 19.2 Å². The highest BCUT2D eigenvalue weighted by Crippen LogP contribution is 2.36. The molecule has 2 aromatic heterocycles. The minimum atomic E-state index is -0.803. The summed E-state index contributed by atoms with van der Waals surface area (Å²) in [5, 5.41) is 3.23. The fraction of sp³-hybridized carbons (Fsp3) is 0.481. The van der Waals surface area contributed by atoms with E-state index in [2.05, 4.69) is 25.2 Å². The number of morpholine rings is 1. The van der Waals surface area contributed by atoms with Crippen LogP contribution in [0.2, 0.25) is 0 Å². The molecule has 2 N–H and O–H groups in total. The molecule has 39 heavy (non-hydrogen) atoms. The highest BCUT2D eigenvalue weighted by Gasteiger charge is 2.43. The molecule has 0 radical (unpaired) electrons. The number of aromatic amines is 1. The maximum Gasteiger partial charge on any atom is 0.233 e. The van der Waals surface area contributed by atoms with Gasteiger partial charge in [-0.05, 0) is 51.4 Å². The van der Waals surface area contributed by atoms with Crippen molar-refractivity contribution in [1.29, 1.82) is 0 Å². The number of H-pyrrole nitrogens is 1. The van der Waals surface area contributed by atoms with Crippen LogP contribution in [-0.2, 0) is 19.0 Å². The molecular formula is C27H34FN7O4. The summed E-state index contributed by atoms with van der Waals surface area (Å²) in [6.07, 6.45) is 0.869. The lowest BCUT2D eigenvalue weighted by Crippen LogP contribution is -2.53. The number of nitrogens with zero attached hydrogens (tertiary/aromatic N) is 5. The highest BCUT2D eigenvalue weighted by molar-refractivity contribution is 5.83. The van der Waals surface area contributed by atoms with Crippen molar-refractivity contribution < 1.29 is 23.4 Å². The molecule has 4 heterocycles. The van der Waals surface area contributed by atoms with Gasteiger partial charge in [0.25, 0.3) is 0 Å². The number of likely N-dealkylation sites (N-methyl/N-ethyl adjacent to an activating group) is 1. The van der Waals surface area contributed by atoms with Crippen molar-refractivity contribution in [2.45, 2.75) is 13.2 Å². The molecule has 0 bridgehead atoms. The topological polar surface area (TPSA) is 118 Å². The Hall–Kier alpha value is -3.45. The number of aromatic nitrogens is 4. The van der Waals surface area contributed by atoms with Crippen LogP contribution in [0.1, 0.15) is 19.0 Å². The number of anilines is 1. The summed E-state index contributed by atoms with van der Waals surface area (Å²) in [5.41, 5.74) is 1.71. The predicted octanol–water partition coefficient (Wildman–Crippen LogP) is 2.56. The molecule has 11 nitrogen and oxygen atoms in total. The molecular weight excluding hydrogens is 505 g/mol. The molecule has 2 saturated heterocycles. The zero-order valence-electron chi connectivity index (χ0n) is 22.4. The number of hydrogen-bond acceptors (Lipinski definition) is 9. The minimum Gasteiger partial charge on any atom is -0.378 e. The molecule has 1 amide bonds. The third-order valence-corrected chi connectivity index (χ3v) is 6.74. The Labute approximate surface area is 226 Å². The number of halogens is 1. The van der Waals surface area contributed by atoms with E-state index in [1.165, 1.54) is 12.1 Å². The maximum absolute atomic E-state index is 13.7. The summed E-state index contributed by atoms with van der Waals surface area (Å²) in [6, 6.07) is 7.88. The van der Waals surface area contributed by atoms with E-state index in [1.807, 2.05) is 21.0 Å². The average molecular weight is 540 g/mol. The molecule has 12 heteroatoms. The maximum atomic E-state index is 13.7. The van der Waals surface area contributed by atoms with Crippen molar-refractivity contribution >= 4 is 11.9 Å². The molecule has 0 aliphatic carbocycles. The SMILES string of the molecule is CN(C)CCNc1nccc(-c2[nH]c(C3OCC(C)(C(=O)N4CCOCC4)CO3)nc2-c2ccc(F)cc2)n1. The van der Waals surface area contributed by atoms with Crippen molar-refractivity contribution in [1.82, 2.24) is 29.7 Å². The zero-order chi connectivity index (χ0) is 27.4. The molecule has 2 aliphatic rings. The van der Waals surface area contributed by atoms with Gasteiger partial charge in [-0.15, -0.1) is 0 Å². The van der Waals surface area contributed by atoms with Gasteiger partial charge in [0.15, 0.2) is 5.82 Å². The normalized spacial score (nSPS) is 21.8. The Balaban J connectivity index is 1.38. The van der Waals surface area contributed by atoms with Crippen LogP contribution >= 0.6 is 0 Å². The second-order valence-electron chi connectivity index (χ2n) is 10.3. The fourth-order valence-corrected chi connectivity index (χ4v) is 4.52. The first kappa shape index (κ1) is 27.1. The van der Waals surface area contributed by atoms with Crippen LogP contribution in [0.15, 0.2) is 36.5 Å². The molecule has 208 valence electrons. The monoisotopic (exact) mass is 539 g/mol. The van der Waals surface area contributed by atoms with Gasteiger partial charge in [-0.3, -0.25) is 4.79 Å². The summed E-state index contributed by atoms with van der Waals surface area (Å²) in [4.78, 5) is 34.1. The summed E-state index contributed by atoms with van der Waals surface area (Å²) in [5.74, 6) is 0.573. The Morgan fingerprint density at radius 2 is 1.87 bits per heavy atom. The van der Waals surface area contributed by atoms with Gasteiger partial charge in [-0.2, -0.15) is 0 Å². The highest BCUT2D eigenvalue weighted by atomic mass is 19.1. The van der Waals surface area contributed by atoms with E-state index in [-0.39, 0.29) is 24.9 Å². The lowest BCUT2D eigenvalue weighted by molar-refractivity contribution is -0.235. The first-order valence-corrected chi connectivity index (χ1v) is 13.0. The second-order valence-corrected chi connectivity index (χ2v) is 10.3. The fourth-order valence-electron chi connectivity index (χ4n) is 4.52. The molecule has 2 aliphatic heterocycles. The molecule has 0 unspecified atom stereocenters. The second kappa shape index (κ2) is 11.7. The molecule has 0 spiro atoms. The predicted molar refractivity (Wildman–Crippen MR) is 142 cm³/mol. The lowest BCUT2D eigenvalue weighted by atomic mass is 9.90. The number of amides is 1. The molecule has 3 aromatic rings. The Morgan fingerprint density at radius 3 is 2.56 bits per heavy atom. The number of imidazole rings is 1. The minimum absolute atomic E-state index is 0.00772. The van der Waals surface area contributed by atoms with E-state index in [9.17, 15) is 9.18 Å². The first-order chi connectivity index (χ1) is 18.8. The van der Waals surface area contributed by atoms with Gasteiger partial charge in [-0.25, -0.2) is 19.3 Å². The molecule has 0 saturated carbocycles. The van der Waals surface area contributed by atoms with Gasteiger partial charge < -0.3 is 34.3 Å². The van der Waals surface area contributed by atoms with E-state index in [0.717, 1.165) is 6.54 Å². The van der Waals surface area contributed by atoms with E-state index >= 15 is 0 Å². The number of hydrogen-bond donors (Lipinski definition) is 2. The summed E-state index contributed by atoms with van der Waals surface area (Å²) in [7, 11) is 3.99. The van der Waals surface area contributed by atoms with Crippen molar-refractivity contribution in [2.24, 2.45) is 5.41 Å². The third-order valence-electron chi connectivity index (χ3n) is 6.74. The van der Waals surface area contributed by atoms with Crippen molar-refractivity contribution in [3.05, 3.63) is 48.2 Å². The summed E-state index contributed by atoms with van der Waals surface area (Å²) < 4.78 is 31.1. The van der Waals surface area contributed by atoms with E-state index < -0.39 is 11.7 Å². The number of nitrogens with one attached hydrogen (secondary N) is 2. The number of ether oxygens (including phenoxy) is 3. The molecule has 2 fully saturated rings. The van der Waals surface area contributed by atoms with Gasteiger partial charge in [0, 0.05) is 37.9 Å². The van der Waals surface area contributed by atoms with E-state index in [0.29, 0.717) is 67.3 Å². The lowest BCUT2D eigenvalue weighted by Gasteiger charge is -2.39. The first-order valence-electron chi connectivity index (χ1n) is 13.0. The summed E-state index contributed by atoms with van der Waals surface area (Å²) in [6.45, 7) is 5.91. The number of carbonyl (C=O) groups is 1. The van der Waals surface area contributed by atoms with Gasteiger partial charge in [-0.1, -0.05) is 0 Å². The zero-order valence-corrected chi connectivity index (χ0v) is 22.4. The quantitative estimate of drug-likeness (QED) is 0.445. The average Bonchev–Trinajstić information content (AvgIpc) is 3.39. The van der Waals surface area contributed by atoms with Gasteiger partial charge in [0.05, 0.1) is 48.9 Å². The van der Waals surface area contributed by atoms with Crippen LogP contribution in [0.4, 0.5) is 10.3 Å². The number of carbonyl (C=O) groups excluding carboxylic acids is 1. The number of rotatable bonds is 8. The summed E-state index contributed by atoms with van der Waals surface area (Å²) >= 11 is 0. The van der Waals surface area contributed by atoms with Crippen LogP contribution < -0.4 is 5.32 Å². The molecule has 1 aromatic carbocycles. The number of benzene rings is 1. The molecule has 5 rings (SSSR count). The van der Waals surface area contributed by atoms with Crippen molar-refractivity contribution in [3.63, 3.8) is 0 Å². The van der Waals surface area contributed by atoms with E-state index in [1.54, 1.807) is 29.3 Å². The smallest absolute Gasteiger partial charge is 0.233 e. The van der Waals surface area contributed by atoms with Crippen LogP contribution in [0.3, 0.4) is 0 Å². The Morgan fingerprint density at radius 1 is 1.15 bits per heavy atom. The van der Waals surface area contributed by atoms with Gasteiger partial charge in [0.1, 0.15) is 5.82 Å². The van der Waals surface area contributed by atoms with Crippen LogP contribution in [-0.4, -0.2) is 102 Å². The van der Waals surface area contributed by atoms with Crippen LogP contribution in [0, 0.1) is 11.2 Å². The largest absolute Gasteiger partial charge is 0.378 e.